The van der Waals surface area contributed by atoms with Crippen LogP contribution < -0.4 is 19.6 Å². The molecule has 5 nitrogen and oxygen atoms in total. The van der Waals surface area contributed by atoms with E-state index in [1.165, 1.54) is 72.4 Å². The second-order valence-corrected chi connectivity index (χ2v) is 18.3. The van der Waals surface area contributed by atoms with Crippen LogP contribution in [0.5, 0.6) is 0 Å². The van der Waals surface area contributed by atoms with Gasteiger partial charge in [0.15, 0.2) is 0 Å². The lowest BCUT2D eigenvalue weighted by Crippen LogP contribution is -2.67. The molecule has 14 rings (SSSR count). The smallest absolute Gasteiger partial charge is 0.141 e. The Morgan fingerprint density at radius 3 is 1.84 bits per heavy atom. The number of furan rings is 1. The quantitative estimate of drug-likeness (QED) is 0.175. The van der Waals surface area contributed by atoms with Gasteiger partial charge in [0, 0.05) is 51.0 Å². The Morgan fingerprint density at radius 1 is 0.579 bits per heavy atom. The molecule has 0 amide bonds. The summed E-state index contributed by atoms with van der Waals surface area (Å²) in [5.41, 5.74) is 14.5. The van der Waals surface area contributed by atoms with Crippen LogP contribution in [0.3, 0.4) is 0 Å². The molecule has 3 aliphatic heterocycles. The highest BCUT2D eigenvalue weighted by Gasteiger charge is 2.62. The van der Waals surface area contributed by atoms with E-state index in [1.807, 2.05) is 0 Å². The first kappa shape index (κ1) is 32.2. The van der Waals surface area contributed by atoms with Crippen LogP contribution >= 0.6 is 0 Å². The van der Waals surface area contributed by atoms with Crippen molar-refractivity contribution in [2.24, 2.45) is 17.8 Å². The summed E-state index contributed by atoms with van der Waals surface area (Å²) in [5, 5.41) is 1.13. The second kappa shape index (κ2) is 11.3. The molecule has 1 unspecified atom stereocenters. The van der Waals surface area contributed by atoms with Crippen molar-refractivity contribution in [2.75, 3.05) is 19.6 Å². The summed E-state index contributed by atoms with van der Waals surface area (Å²) in [4.78, 5) is 10.5. The van der Waals surface area contributed by atoms with Gasteiger partial charge in [0.2, 0.25) is 0 Å². The van der Waals surface area contributed by atoms with E-state index in [1.54, 1.807) is 0 Å². The number of para-hydroxylation sites is 4. The minimum absolute atomic E-state index is 0.0420. The van der Waals surface area contributed by atoms with Gasteiger partial charge in [-0.15, -0.1) is 0 Å². The molecule has 4 heterocycles. The van der Waals surface area contributed by atoms with E-state index in [9.17, 15) is 0 Å². The van der Waals surface area contributed by atoms with Gasteiger partial charge in [-0.3, -0.25) is 0 Å². The van der Waals surface area contributed by atoms with Crippen molar-refractivity contribution in [3.05, 3.63) is 162 Å². The molecular weight excluding hydrogens is 697 g/mol. The second-order valence-electron chi connectivity index (χ2n) is 18.3. The van der Waals surface area contributed by atoms with Gasteiger partial charge in [0.1, 0.15) is 17.0 Å². The predicted molar refractivity (Wildman–Crippen MR) is 233 cm³/mol. The number of rotatable bonds is 5. The molecule has 57 heavy (non-hydrogen) atoms. The van der Waals surface area contributed by atoms with E-state index in [4.69, 9.17) is 4.42 Å². The van der Waals surface area contributed by atoms with Crippen LogP contribution in [0.25, 0.3) is 11.0 Å². The van der Waals surface area contributed by atoms with Gasteiger partial charge in [-0.2, -0.15) is 0 Å². The van der Waals surface area contributed by atoms with Crippen LogP contribution in [-0.4, -0.2) is 11.2 Å². The van der Waals surface area contributed by atoms with E-state index >= 15 is 0 Å². The maximum Gasteiger partial charge on any atom is 0.141 e. The number of fused-ring (bicyclic) bond motifs is 7. The Bertz CT molecular complexity index is 2660. The van der Waals surface area contributed by atoms with Crippen molar-refractivity contribution in [2.45, 2.75) is 69.5 Å². The van der Waals surface area contributed by atoms with Crippen molar-refractivity contribution in [3.8, 4) is 0 Å². The van der Waals surface area contributed by atoms with Gasteiger partial charge in [-0.25, -0.2) is 0 Å². The fourth-order valence-corrected chi connectivity index (χ4v) is 13.3. The van der Waals surface area contributed by atoms with Crippen molar-refractivity contribution >= 4 is 62.2 Å². The monoisotopic (exact) mass is 742 g/mol. The molecule has 5 heteroatoms. The summed E-state index contributed by atoms with van der Waals surface area (Å²) in [6, 6.07) is 53.2. The summed E-state index contributed by atoms with van der Waals surface area (Å²) in [7, 11) is 0. The first-order valence-electron chi connectivity index (χ1n) is 21.2. The molecule has 6 aromatic carbocycles. The number of nitrogens with zero attached hydrogens (tertiary/aromatic N) is 4. The molecular formula is C52H46N4O. The zero-order chi connectivity index (χ0) is 37.6. The van der Waals surface area contributed by atoms with Gasteiger partial charge in [0.25, 0.3) is 0 Å². The van der Waals surface area contributed by atoms with Crippen LogP contribution in [0.4, 0.5) is 51.2 Å². The molecule has 4 fully saturated rings. The van der Waals surface area contributed by atoms with Crippen LogP contribution in [0.15, 0.2) is 150 Å². The third kappa shape index (κ3) is 4.30. The van der Waals surface area contributed by atoms with Crippen molar-refractivity contribution in [3.63, 3.8) is 0 Å². The molecule has 7 aromatic rings. The molecule has 0 N–H and O–H groups in total. The third-order valence-corrected chi connectivity index (χ3v) is 14.7. The molecule has 4 bridgehead atoms. The zero-order valence-corrected chi connectivity index (χ0v) is 32.6. The highest BCUT2D eigenvalue weighted by atomic mass is 16.3. The SMILES string of the molecule is CC1(C)N2c3ccccc3C3c4oc5cc(N(c6ccccc6)c6ccccc6)ccc5c4N(c4ccccc4)c4ccc(c2c43)N1C12CC3CC(CC(C3)C1)C2. The van der Waals surface area contributed by atoms with Crippen LogP contribution in [0, 0.1) is 17.8 Å². The fraction of sp³-hybridized carbons (Fsp3) is 0.269. The molecule has 0 spiro atoms. The van der Waals surface area contributed by atoms with Crippen molar-refractivity contribution < 1.29 is 4.42 Å². The highest BCUT2D eigenvalue weighted by Crippen LogP contribution is 2.69. The van der Waals surface area contributed by atoms with E-state index in [2.05, 4.69) is 179 Å². The molecule has 1 atom stereocenters. The number of anilines is 9. The van der Waals surface area contributed by atoms with Crippen molar-refractivity contribution in [1.82, 2.24) is 0 Å². The molecule has 0 radical (unpaired) electrons. The molecule has 0 saturated heterocycles. The van der Waals surface area contributed by atoms with E-state index in [-0.39, 0.29) is 17.1 Å². The molecule has 280 valence electrons. The molecule has 4 saturated carbocycles. The van der Waals surface area contributed by atoms with Gasteiger partial charge in [0.05, 0.1) is 28.7 Å². The number of hydrogen-bond acceptors (Lipinski definition) is 5. The summed E-state index contributed by atoms with van der Waals surface area (Å²) in [6.07, 6.45) is 8.30. The van der Waals surface area contributed by atoms with Gasteiger partial charge < -0.3 is 24.0 Å². The Balaban J connectivity index is 1.06. The topological polar surface area (TPSA) is 26.1 Å². The van der Waals surface area contributed by atoms with Crippen molar-refractivity contribution in [1.29, 1.82) is 0 Å². The largest absolute Gasteiger partial charge is 0.458 e. The number of benzene rings is 6. The Hall–Kier alpha value is -5.94. The molecule has 1 aromatic heterocycles. The first-order valence-corrected chi connectivity index (χ1v) is 21.2. The average molecular weight is 743 g/mol. The normalized spacial score (nSPS) is 25.4. The molecule has 7 aliphatic rings. The van der Waals surface area contributed by atoms with Gasteiger partial charge in [-0.05, 0) is 142 Å². The first-order chi connectivity index (χ1) is 28.0. The van der Waals surface area contributed by atoms with Crippen LogP contribution in [-0.2, 0) is 0 Å². The summed E-state index contributed by atoms with van der Waals surface area (Å²) in [5.74, 6) is 3.58. The zero-order valence-electron chi connectivity index (χ0n) is 32.6. The Kier molecular flexibility index (Phi) is 6.40. The summed E-state index contributed by atoms with van der Waals surface area (Å²) in [6.45, 7) is 5.01. The lowest BCUT2D eigenvalue weighted by molar-refractivity contribution is -0.0112. The highest BCUT2D eigenvalue weighted by molar-refractivity contribution is 6.07. The van der Waals surface area contributed by atoms with E-state index in [0.29, 0.717) is 0 Å². The standard InChI is InChI=1S/C52H46N4O/c1-51(2)55-42-21-13-12-20-40(42)46-47-43(24-25-44(49(47)55)56(51)52-30-33-26-34(31-52)28-35(27-33)32-52)54(38-18-10-5-11-19-38)48-41-23-22-39(29-45(41)57-50(46)48)53(36-14-6-3-7-15-36)37-16-8-4-9-17-37/h3-25,29,33-35,46H,26-28,30-32H2,1-2H3. The lowest BCUT2D eigenvalue weighted by atomic mass is 9.52. The predicted octanol–water partition coefficient (Wildman–Crippen LogP) is 13.8. The lowest BCUT2D eigenvalue weighted by Gasteiger charge is -2.63. The maximum atomic E-state index is 7.39. The summed E-state index contributed by atoms with van der Waals surface area (Å²) >= 11 is 0. The van der Waals surface area contributed by atoms with Crippen LogP contribution in [0.1, 0.15) is 75.2 Å². The van der Waals surface area contributed by atoms with Gasteiger partial charge >= 0.3 is 0 Å². The van der Waals surface area contributed by atoms with Crippen LogP contribution in [0.2, 0.25) is 0 Å². The van der Waals surface area contributed by atoms with Gasteiger partial charge in [-0.1, -0.05) is 72.8 Å². The number of hydrogen-bond donors (Lipinski definition) is 0. The van der Waals surface area contributed by atoms with E-state index < -0.39 is 0 Å². The van der Waals surface area contributed by atoms with E-state index in [0.717, 1.165) is 62.9 Å². The fourth-order valence-electron chi connectivity index (χ4n) is 13.3. The Labute approximate surface area is 334 Å². The maximum absolute atomic E-state index is 7.39. The average Bonchev–Trinajstić information content (AvgIpc) is 3.72. The molecule has 4 aliphatic carbocycles. The Morgan fingerprint density at radius 2 is 1.18 bits per heavy atom. The minimum atomic E-state index is -0.233. The minimum Gasteiger partial charge on any atom is -0.458 e. The summed E-state index contributed by atoms with van der Waals surface area (Å²) < 4.78 is 7.39. The third-order valence-electron chi connectivity index (χ3n) is 14.7.